The van der Waals surface area contributed by atoms with Gasteiger partial charge in [-0.25, -0.2) is 4.79 Å². The largest absolute Gasteiger partial charge is 0.493 e. The van der Waals surface area contributed by atoms with Crippen molar-refractivity contribution >= 4 is 12.1 Å². The Balaban J connectivity index is 2.63. The first-order chi connectivity index (χ1) is 13.1. The monoisotopic (exact) mass is 393 g/mol. The van der Waals surface area contributed by atoms with E-state index < -0.39 is 11.7 Å². The van der Waals surface area contributed by atoms with Crippen molar-refractivity contribution in [1.29, 1.82) is 0 Å². The molecule has 0 unspecified atom stereocenters. The molecular weight excluding hydrogens is 358 g/mol. The highest BCUT2D eigenvalue weighted by Gasteiger charge is 2.16. The molecule has 0 saturated heterocycles. The number of ether oxygens (including phenoxy) is 3. The lowest BCUT2D eigenvalue weighted by Crippen LogP contribution is -2.33. The lowest BCUT2D eigenvalue weighted by molar-refractivity contribution is -0.143. The van der Waals surface area contributed by atoms with Crippen LogP contribution in [0, 0.1) is 0 Å². The maximum Gasteiger partial charge on any atom is 0.407 e. The molecule has 0 bridgehead atoms. The Labute approximate surface area is 168 Å². The van der Waals surface area contributed by atoms with E-state index >= 15 is 0 Å². The van der Waals surface area contributed by atoms with E-state index in [0.717, 1.165) is 11.3 Å². The second-order valence-electron chi connectivity index (χ2n) is 7.96. The summed E-state index contributed by atoms with van der Waals surface area (Å²) >= 11 is 0. The van der Waals surface area contributed by atoms with Gasteiger partial charge in [-0.3, -0.25) is 4.79 Å². The van der Waals surface area contributed by atoms with Gasteiger partial charge in [-0.05, 0) is 63.6 Å². The summed E-state index contributed by atoms with van der Waals surface area (Å²) in [6.45, 7) is 12.8. The Hall–Kier alpha value is -2.24. The third kappa shape index (κ3) is 9.62. The van der Waals surface area contributed by atoms with Gasteiger partial charge in [-0.15, -0.1) is 0 Å². The van der Waals surface area contributed by atoms with E-state index in [1.54, 1.807) is 6.92 Å². The van der Waals surface area contributed by atoms with Gasteiger partial charge in [0.2, 0.25) is 0 Å². The van der Waals surface area contributed by atoms with Gasteiger partial charge >= 0.3 is 12.1 Å². The van der Waals surface area contributed by atoms with Crippen LogP contribution in [-0.4, -0.2) is 37.4 Å². The molecule has 0 aliphatic rings. The summed E-state index contributed by atoms with van der Waals surface area (Å²) in [7, 11) is 0. The zero-order chi connectivity index (χ0) is 21.2. The second-order valence-corrected chi connectivity index (χ2v) is 7.96. The summed E-state index contributed by atoms with van der Waals surface area (Å²) in [5.74, 6) is 0.973. The highest BCUT2D eigenvalue weighted by molar-refractivity contribution is 5.69. The predicted molar refractivity (Wildman–Crippen MR) is 110 cm³/mol. The van der Waals surface area contributed by atoms with Crippen LogP contribution < -0.4 is 10.1 Å². The zero-order valence-corrected chi connectivity index (χ0v) is 18.1. The molecular formula is C22H35NO5. The zero-order valence-electron chi connectivity index (χ0n) is 18.1. The van der Waals surface area contributed by atoms with Crippen molar-refractivity contribution in [3.63, 3.8) is 0 Å². The smallest absolute Gasteiger partial charge is 0.407 e. The van der Waals surface area contributed by atoms with Crippen molar-refractivity contribution in [2.45, 2.75) is 72.3 Å². The molecule has 0 heterocycles. The first kappa shape index (κ1) is 23.8. The van der Waals surface area contributed by atoms with Crippen molar-refractivity contribution in [2.24, 2.45) is 0 Å². The third-order valence-corrected chi connectivity index (χ3v) is 3.91. The summed E-state index contributed by atoms with van der Waals surface area (Å²) in [4.78, 5) is 23.2. The Kier molecular flexibility index (Phi) is 9.83. The first-order valence-electron chi connectivity index (χ1n) is 10.0. The number of carbonyl (C=O) groups excluding carboxylic acids is 2. The Morgan fingerprint density at radius 1 is 1.18 bits per heavy atom. The minimum Gasteiger partial charge on any atom is -0.493 e. The minimum atomic E-state index is -0.518. The molecule has 0 aromatic heterocycles. The molecule has 158 valence electrons. The summed E-state index contributed by atoms with van der Waals surface area (Å²) < 4.78 is 16.1. The molecule has 0 spiro atoms. The number of amides is 1. The van der Waals surface area contributed by atoms with Gasteiger partial charge in [0, 0.05) is 13.0 Å². The maximum atomic E-state index is 11.8. The molecule has 0 radical (unpaired) electrons. The first-order valence-corrected chi connectivity index (χ1v) is 10.0. The summed E-state index contributed by atoms with van der Waals surface area (Å²) in [5, 5.41) is 2.77. The quantitative estimate of drug-likeness (QED) is 0.464. The molecule has 0 atom stereocenters. The molecule has 1 aromatic rings. The molecule has 0 aliphatic heterocycles. The predicted octanol–water partition coefficient (Wildman–Crippen LogP) is 4.60. The van der Waals surface area contributed by atoms with Crippen LogP contribution in [0.3, 0.4) is 0 Å². The van der Waals surface area contributed by atoms with Crippen LogP contribution in [0.4, 0.5) is 4.79 Å². The molecule has 6 heteroatoms. The van der Waals surface area contributed by atoms with E-state index in [2.05, 4.69) is 25.2 Å². The fraction of sp³-hybridized carbons (Fsp3) is 0.636. The van der Waals surface area contributed by atoms with Gasteiger partial charge < -0.3 is 19.5 Å². The minimum absolute atomic E-state index is 0.205. The number of carbonyl (C=O) groups is 2. The van der Waals surface area contributed by atoms with Crippen molar-refractivity contribution in [3.05, 3.63) is 29.3 Å². The highest BCUT2D eigenvalue weighted by Crippen LogP contribution is 2.25. The van der Waals surface area contributed by atoms with E-state index in [9.17, 15) is 9.59 Å². The van der Waals surface area contributed by atoms with Crippen molar-refractivity contribution in [1.82, 2.24) is 5.32 Å². The van der Waals surface area contributed by atoms with Crippen LogP contribution in [0.1, 0.15) is 71.4 Å². The van der Waals surface area contributed by atoms with E-state index in [-0.39, 0.29) is 5.97 Å². The van der Waals surface area contributed by atoms with Crippen LogP contribution in [-0.2, 0) is 20.7 Å². The van der Waals surface area contributed by atoms with Gasteiger partial charge in [0.1, 0.15) is 11.4 Å². The topological polar surface area (TPSA) is 73.9 Å². The number of nitrogens with one attached hydrogen (secondary N) is 1. The summed E-state index contributed by atoms with van der Waals surface area (Å²) in [6.07, 6.45) is 1.14. The van der Waals surface area contributed by atoms with E-state index in [1.165, 1.54) is 5.56 Å². The number of hydrogen-bond donors (Lipinski definition) is 1. The van der Waals surface area contributed by atoms with E-state index in [0.29, 0.717) is 44.9 Å². The average Bonchev–Trinajstić information content (AvgIpc) is 2.58. The third-order valence-electron chi connectivity index (χ3n) is 3.91. The highest BCUT2D eigenvalue weighted by atomic mass is 16.6. The molecule has 1 amide bonds. The van der Waals surface area contributed by atoms with Gasteiger partial charge in [-0.1, -0.05) is 26.0 Å². The molecule has 1 N–H and O–H groups in total. The van der Waals surface area contributed by atoms with Gasteiger partial charge in [0.05, 0.1) is 13.2 Å². The Bertz CT molecular complexity index is 634. The van der Waals surface area contributed by atoms with Crippen LogP contribution in [0.25, 0.3) is 0 Å². The lowest BCUT2D eigenvalue weighted by atomic mass is 10.00. The molecule has 1 rings (SSSR count). The second kappa shape index (κ2) is 11.6. The number of hydrogen-bond acceptors (Lipinski definition) is 5. The number of benzene rings is 1. The summed E-state index contributed by atoms with van der Waals surface area (Å²) in [6, 6.07) is 6.16. The SMILES string of the molecule is CCOC(=O)CCCOc1cc(C(C)C)ccc1CCNC(=O)OC(C)(C)C. The average molecular weight is 394 g/mol. The van der Waals surface area contributed by atoms with Gasteiger partial charge in [-0.2, -0.15) is 0 Å². The lowest BCUT2D eigenvalue weighted by Gasteiger charge is -2.20. The van der Waals surface area contributed by atoms with E-state index in [4.69, 9.17) is 14.2 Å². The van der Waals surface area contributed by atoms with E-state index in [1.807, 2.05) is 32.9 Å². The van der Waals surface area contributed by atoms with Gasteiger partial charge in [0.15, 0.2) is 0 Å². The maximum absolute atomic E-state index is 11.8. The van der Waals surface area contributed by atoms with Crippen LogP contribution in [0.15, 0.2) is 18.2 Å². The summed E-state index contributed by atoms with van der Waals surface area (Å²) in [5.41, 5.74) is 1.68. The van der Waals surface area contributed by atoms with Crippen LogP contribution in [0.2, 0.25) is 0 Å². The molecule has 1 aromatic carbocycles. The Morgan fingerprint density at radius 3 is 2.50 bits per heavy atom. The normalized spacial score (nSPS) is 11.2. The number of alkyl carbamates (subject to hydrolysis) is 1. The fourth-order valence-corrected chi connectivity index (χ4v) is 2.52. The van der Waals surface area contributed by atoms with Crippen LogP contribution >= 0.6 is 0 Å². The molecule has 6 nitrogen and oxygen atoms in total. The molecule has 0 saturated carbocycles. The standard InChI is InChI=1S/C22H35NO5/c1-7-26-20(24)9-8-14-27-19-15-18(16(2)3)11-10-17(19)12-13-23-21(25)28-22(4,5)6/h10-11,15-16H,7-9,12-14H2,1-6H3,(H,23,25). The molecule has 0 aliphatic carbocycles. The van der Waals surface area contributed by atoms with Crippen LogP contribution in [0.5, 0.6) is 5.75 Å². The molecule has 0 fully saturated rings. The van der Waals surface area contributed by atoms with Crippen molar-refractivity contribution in [3.8, 4) is 5.75 Å². The molecule has 28 heavy (non-hydrogen) atoms. The number of rotatable bonds is 10. The Morgan fingerprint density at radius 2 is 1.89 bits per heavy atom. The van der Waals surface area contributed by atoms with Crippen molar-refractivity contribution in [2.75, 3.05) is 19.8 Å². The van der Waals surface area contributed by atoms with Crippen molar-refractivity contribution < 1.29 is 23.8 Å². The van der Waals surface area contributed by atoms with Gasteiger partial charge in [0.25, 0.3) is 0 Å². The number of esters is 1. The fourth-order valence-electron chi connectivity index (χ4n) is 2.52.